The van der Waals surface area contributed by atoms with Crippen molar-refractivity contribution in [3.8, 4) is 5.75 Å². The summed E-state index contributed by atoms with van der Waals surface area (Å²) in [7, 11) is 0. The van der Waals surface area contributed by atoms with Crippen molar-refractivity contribution >= 4 is 29.0 Å². The van der Waals surface area contributed by atoms with E-state index < -0.39 is 64.0 Å². The minimum Gasteiger partial charge on any atom is -0.508 e. The fourth-order valence-corrected chi connectivity index (χ4v) is 5.82. The van der Waals surface area contributed by atoms with Crippen LogP contribution in [0.15, 0.2) is 46.2 Å². The second kappa shape index (κ2) is 8.77. The lowest BCUT2D eigenvalue weighted by Gasteiger charge is -2.46. The van der Waals surface area contributed by atoms with E-state index in [4.69, 9.17) is 5.73 Å². The first-order valence-electron chi connectivity index (χ1n) is 11.8. The molecule has 12 heteroatoms. The highest BCUT2D eigenvalue weighted by Gasteiger charge is 2.60. The highest BCUT2D eigenvalue weighted by Crippen LogP contribution is 2.52. The van der Waals surface area contributed by atoms with Gasteiger partial charge in [0.2, 0.25) is 5.78 Å². The number of carbonyl (C=O) groups excluding carboxylic acids is 4. The summed E-state index contributed by atoms with van der Waals surface area (Å²) in [5, 5.41) is 43.6. The van der Waals surface area contributed by atoms with E-state index in [-0.39, 0.29) is 54.0 Å². The van der Waals surface area contributed by atoms with Gasteiger partial charge >= 0.3 is 0 Å². The maximum atomic E-state index is 13.5. The van der Waals surface area contributed by atoms with Crippen LogP contribution in [0, 0.1) is 11.8 Å². The molecule has 0 aliphatic heterocycles. The lowest BCUT2D eigenvalue weighted by atomic mass is 9.59. The first-order valence-corrected chi connectivity index (χ1v) is 11.8. The molecule has 0 saturated heterocycles. The number of primary amides is 1. The van der Waals surface area contributed by atoms with Crippen molar-refractivity contribution in [2.75, 3.05) is 0 Å². The SMILES string of the molecule is NC(=O)C1=C(O)C2(O)C(=O)C3=C(O)c4c(O)ccc(CCC(=O)c5cc(=O)[nH]cn5)c4CC3CC2CC1=O. The number of ketones is 3. The van der Waals surface area contributed by atoms with Crippen molar-refractivity contribution in [3.63, 3.8) is 0 Å². The van der Waals surface area contributed by atoms with Gasteiger partial charge in [-0.2, -0.15) is 0 Å². The van der Waals surface area contributed by atoms with Crippen molar-refractivity contribution in [2.45, 2.75) is 37.7 Å². The van der Waals surface area contributed by atoms with Crippen molar-refractivity contribution in [1.29, 1.82) is 0 Å². The third-order valence-corrected chi connectivity index (χ3v) is 7.63. The van der Waals surface area contributed by atoms with E-state index in [1.165, 1.54) is 6.07 Å². The number of hydrogen-bond donors (Lipinski definition) is 6. The molecule has 1 aromatic heterocycles. The number of carbonyl (C=O) groups is 4. The van der Waals surface area contributed by atoms with Crippen LogP contribution in [0.25, 0.3) is 5.76 Å². The number of phenolic OH excluding ortho intramolecular Hbond substituents is 1. The van der Waals surface area contributed by atoms with Gasteiger partial charge in [0.15, 0.2) is 17.2 Å². The number of aliphatic hydroxyl groups is 3. The second-order valence-electron chi connectivity index (χ2n) is 9.72. The molecule has 38 heavy (non-hydrogen) atoms. The first kappa shape index (κ1) is 25.1. The van der Waals surface area contributed by atoms with Crippen LogP contribution in [0.2, 0.25) is 0 Å². The summed E-state index contributed by atoms with van der Waals surface area (Å²) in [6.45, 7) is 0. The van der Waals surface area contributed by atoms with Gasteiger partial charge in [-0.3, -0.25) is 24.0 Å². The molecule has 2 aromatic rings. The van der Waals surface area contributed by atoms with E-state index in [2.05, 4.69) is 9.97 Å². The molecule has 196 valence electrons. The molecule has 12 nitrogen and oxygen atoms in total. The van der Waals surface area contributed by atoms with Crippen LogP contribution < -0.4 is 11.3 Å². The molecule has 7 N–H and O–H groups in total. The zero-order valence-electron chi connectivity index (χ0n) is 19.9. The maximum Gasteiger partial charge on any atom is 0.255 e. The van der Waals surface area contributed by atoms with Crippen LogP contribution in [0.3, 0.4) is 0 Å². The highest BCUT2D eigenvalue weighted by atomic mass is 16.3. The number of fused-ring (bicyclic) bond motifs is 3. The predicted molar refractivity (Wildman–Crippen MR) is 129 cm³/mol. The average Bonchev–Trinajstić information content (AvgIpc) is 2.85. The summed E-state index contributed by atoms with van der Waals surface area (Å²) in [6, 6.07) is 3.97. The van der Waals surface area contributed by atoms with Gasteiger partial charge in [-0.1, -0.05) is 6.07 Å². The normalized spacial score (nSPS) is 24.6. The Morgan fingerprint density at radius 3 is 2.55 bits per heavy atom. The van der Waals surface area contributed by atoms with Crippen LogP contribution in [-0.2, 0) is 27.2 Å². The van der Waals surface area contributed by atoms with E-state index in [1.807, 2.05) is 0 Å². The molecule has 0 bridgehead atoms. The second-order valence-corrected chi connectivity index (χ2v) is 9.72. The number of aromatic hydroxyl groups is 1. The van der Waals surface area contributed by atoms with Gasteiger partial charge in [0, 0.05) is 30.4 Å². The molecule has 1 heterocycles. The number of benzene rings is 1. The average molecular weight is 521 g/mol. The van der Waals surface area contributed by atoms with Crippen LogP contribution in [0.5, 0.6) is 5.75 Å². The van der Waals surface area contributed by atoms with Crippen molar-refractivity contribution in [1.82, 2.24) is 9.97 Å². The molecule has 3 aliphatic carbocycles. The fourth-order valence-electron chi connectivity index (χ4n) is 5.82. The fraction of sp³-hybridized carbons (Fsp3) is 0.308. The first-order chi connectivity index (χ1) is 17.9. The van der Waals surface area contributed by atoms with Gasteiger partial charge in [0.25, 0.3) is 11.5 Å². The number of nitrogens with two attached hydrogens (primary N) is 1. The molecule has 1 aromatic carbocycles. The third-order valence-electron chi connectivity index (χ3n) is 7.63. The summed E-state index contributed by atoms with van der Waals surface area (Å²) >= 11 is 0. The highest BCUT2D eigenvalue weighted by molar-refractivity contribution is 6.22. The van der Waals surface area contributed by atoms with E-state index in [9.17, 15) is 44.4 Å². The van der Waals surface area contributed by atoms with Gasteiger partial charge in [-0.05, 0) is 42.4 Å². The number of aromatic amines is 1. The monoisotopic (exact) mass is 521 g/mol. The third kappa shape index (κ3) is 3.64. The van der Waals surface area contributed by atoms with Crippen molar-refractivity contribution < 1.29 is 39.6 Å². The number of aliphatic hydroxyl groups excluding tert-OH is 2. The Balaban J connectivity index is 1.54. The Bertz CT molecular complexity index is 1570. The summed E-state index contributed by atoms with van der Waals surface area (Å²) in [5.74, 6) is -7.37. The molecule has 3 atom stereocenters. The standard InChI is InChI=1S/C26H23N3O9/c27-25(37)21-17(32)7-12-5-11-6-13-10(1-3-15(30)14-8-18(33)29-9-28-14)2-4-16(31)20(13)22(34)19(11)23(35)26(12,38)24(21)36/h2,4,8-9,11-12,31,34,36,38H,1,3,5-7H2,(H2,27,37)(H,28,29,33). The molecule has 1 saturated carbocycles. The Morgan fingerprint density at radius 1 is 1.13 bits per heavy atom. The quantitative estimate of drug-likeness (QED) is 0.234. The van der Waals surface area contributed by atoms with Crippen molar-refractivity contribution in [2.24, 2.45) is 17.6 Å². The van der Waals surface area contributed by atoms with Gasteiger partial charge in [0.1, 0.15) is 28.5 Å². The summed E-state index contributed by atoms with van der Waals surface area (Å²) in [6.07, 6.45) is 1.01. The molecule has 5 rings (SSSR count). The Hall–Kier alpha value is -4.58. The lowest BCUT2D eigenvalue weighted by molar-refractivity contribution is -0.147. The predicted octanol–water partition coefficient (Wildman–Crippen LogP) is 0.323. The largest absolute Gasteiger partial charge is 0.508 e. The smallest absolute Gasteiger partial charge is 0.255 e. The molecule has 3 aliphatic rings. The Labute approximate surface area is 214 Å². The number of Topliss-reactive ketones (excluding diaryl/α,β-unsaturated/α-hetero) is 3. The zero-order valence-corrected chi connectivity index (χ0v) is 19.9. The number of aromatic nitrogens is 2. The molecule has 1 fully saturated rings. The minimum absolute atomic E-state index is 0.00579. The van der Waals surface area contributed by atoms with E-state index in [0.29, 0.717) is 11.1 Å². The number of aryl methyl sites for hydroxylation is 1. The number of hydrogen-bond acceptors (Lipinski definition) is 10. The Morgan fingerprint density at radius 2 is 1.87 bits per heavy atom. The molecule has 0 spiro atoms. The van der Waals surface area contributed by atoms with E-state index >= 15 is 0 Å². The Kier molecular flexibility index (Phi) is 5.79. The summed E-state index contributed by atoms with van der Waals surface area (Å²) in [5.41, 5.74) is 2.04. The van der Waals surface area contributed by atoms with Crippen LogP contribution in [-0.4, -0.2) is 59.3 Å². The van der Waals surface area contributed by atoms with Gasteiger partial charge in [0.05, 0.1) is 11.9 Å². The summed E-state index contributed by atoms with van der Waals surface area (Å²) in [4.78, 5) is 68.0. The number of phenols is 1. The van der Waals surface area contributed by atoms with E-state index in [1.54, 1.807) is 6.07 Å². The topological polar surface area (TPSA) is 221 Å². The molecular weight excluding hydrogens is 498 g/mol. The van der Waals surface area contributed by atoms with Crippen LogP contribution >= 0.6 is 0 Å². The zero-order chi connectivity index (χ0) is 27.5. The van der Waals surface area contributed by atoms with Crippen molar-refractivity contribution in [3.05, 3.63) is 74.2 Å². The number of nitrogens with one attached hydrogen (secondary N) is 1. The molecule has 1 amide bonds. The molecule has 3 unspecified atom stereocenters. The van der Waals surface area contributed by atoms with Crippen LogP contribution in [0.1, 0.15) is 46.4 Å². The lowest BCUT2D eigenvalue weighted by Crippen LogP contribution is -2.58. The van der Waals surface area contributed by atoms with Gasteiger partial charge < -0.3 is 31.1 Å². The minimum atomic E-state index is -2.63. The van der Waals surface area contributed by atoms with Gasteiger partial charge in [-0.25, -0.2) is 4.98 Å². The number of amides is 1. The summed E-state index contributed by atoms with van der Waals surface area (Å²) < 4.78 is 0. The maximum absolute atomic E-state index is 13.5. The number of rotatable bonds is 5. The van der Waals surface area contributed by atoms with E-state index in [0.717, 1.165) is 12.4 Å². The van der Waals surface area contributed by atoms with Gasteiger partial charge in [-0.15, -0.1) is 0 Å². The molecule has 0 radical (unpaired) electrons. The number of nitrogens with zero attached hydrogens (tertiary/aromatic N) is 1. The molecular formula is C26H23N3O9. The number of H-pyrrole nitrogens is 1. The van der Waals surface area contributed by atoms with Crippen LogP contribution in [0.4, 0.5) is 0 Å².